The number of carbonyl (C=O) groups is 1. The molecule has 0 saturated carbocycles. The van der Waals surface area contributed by atoms with Crippen molar-refractivity contribution in [1.82, 2.24) is 0 Å². The van der Waals surface area contributed by atoms with Gasteiger partial charge < -0.3 is 23.7 Å². The van der Waals surface area contributed by atoms with Crippen LogP contribution in [0.25, 0.3) is 0 Å². The van der Waals surface area contributed by atoms with E-state index in [1.165, 1.54) is 21.3 Å². The maximum atomic E-state index is 12.6. The minimum atomic E-state index is -0.702. The van der Waals surface area contributed by atoms with Crippen molar-refractivity contribution in [2.45, 2.75) is 58.5 Å². The third-order valence-corrected chi connectivity index (χ3v) is 4.67. The fourth-order valence-electron chi connectivity index (χ4n) is 2.16. The molecule has 0 aromatic heterocycles. The van der Waals surface area contributed by atoms with E-state index in [1.54, 1.807) is 32.9 Å². The Hall–Kier alpha value is -1.65. The van der Waals surface area contributed by atoms with Gasteiger partial charge in [0.15, 0.2) is 30.4 Å². The van der Waals surface area contributed by atoms with Gasteiger partial charge in [0.1, 0.15) is 0 Å². The molecule has 0 aliphatic carbocycles. The maximum Gasteiger partial charge on any atom is 0.373 e. The minimum absolute atomic E-state index is 0.220. The summed E-state index contributed by atoms with van der Waals surface area (Å²) in [5, 5.41) is 0. The number of rotatable bonds is 12. The monoisotopic (exact) mass is 413 g/mol. The highest BCUT2D eigenvalue weighted by Crippen LogP contribution is 2.40. The molecule has 4 unspecified atom stereocenters. The molecule has 8 nitrogen and oxygen atoms in total. The van der Waals surface area contributed by atoms with Crippen molar-refractivity contribution in [3.8, 4) is 11.5 Å². The highest BCUT2D eigenvalue weighted by molar-refractivity contribution is 6.14. The van der Waals surface area contributed by atoms with Crippen LogP contribution in [-0.4, -0.2) is 56.4 Å². The topological polar surface area (TPSA) is 81.7 Å². The normalized spacial score (nSPS) is 15.4. The quantitative estimate of drug-likeness (QED) is 0.224. The van der Waals surface area contributed by atoms with E-state index in [1.807, 2.05) is 6.92 Å². The molecular weight excluding hydrogens is 384 g/mol. The zero-order valence-corrected chi connectivity index (χ0v) is 18.4. The zero-order valence-electron chi connectivity index (χ0n) is 17.4. The average Bonchev–Trinajstić information content (AvgIpc) is 2.71. The summed E-state index contributed by atoms with van der Waals surface area (Å²) in [6.07, 6.45) is -1.13. The van der Waals surface area contributed by atoms with Crippen LogP contribution in [-0.2, 0) is 24.0 Å². The Kier molecular flexibility index (Phi) is 10.5. The number of hydrogen-bond acceptors (Lipinski definition) is 8. The lowest BCUT2D eigenvalue weighted by Crippen LogP contribution is -2.22. The molecule has 0 amide bonds. The van der Waals surface area contributed by atoms with Gasteiger partial charge in [0, 0.05) is 37.1 Å². The van der Waals surface area contributed by atoms with Crippen LogP contribution in [0.4, 0.5) is 0 Å². The zero-order chi connectivity index (χ0) is 21.3. The van der Waals surface area contributed by atoms with Crippen molar-refractivity contribution in [1.29, 1.82) is 0 Å². The van der Waals surface area contributed by atoms with Crippen LogP contribution in [0.1, 0.15) is 55.6 Å². The van der Waals surface area contributed by atoms with Gasteiger partial charge in [0.25, 0.3) is 0 Å². The predicted molar refractivity (Wildman–Crippen MR) is 102 cm³/mol. The molecule has 4 atom stereocenters. The molecule has 0 saturated heterocycles. The number of carbonyl (C=O) groups excluding carboxylic acids is 1. The summed E-state index contributed by atoms with van der Waals surface area (Å²) >= 11 is 0. The average molecular weight is 414 g/mol. The van der Waals surface area contributed by atoms with Gasteiger partial charge in [-0.05, 0) is 38.4 Å². The van der Waals surface area contributed by atoms with Crippen molar-refractivity contribution in [2.24, 2.45) is 0 Å². The summed E-state index contributed by atoms with van der Waals surface area (Å²) < 4.78 is 27.0. The van der Waals surface area contributed by atoms with Gasteiger partial charge in [-0.25, -0.2) is 4.79 Å². The predicted octanol–water partition coefficient (Wildman–Crippen LogP) is 3.13. The van der Waals surface area contributed by atoms with Gasteiger partial charge in [-0.2, -0.15) is 4.89 Å². The molecular formula is C19H29O8Si. The first-order chi connectivity index (χ1) is 13.3. The van der Waals surface area contributed by atoms with Crippen molar-refractivity contribution < 1.29 is 38.3 Å². The standard InChI is InChI=1S/C19H29O8Si/c1-8-16(28)17-14(19(20)27-26-13(4)23-7)9-10-15(24-11(2)21-5)18(17)25-12(3)22-6/h9-13,16H,8H2,1-7H3. The Morgan fingerprint density at radius 2 is 1.54 bits per heavy atom. The molecule has 3 radical (unpaired) electrons. The summed E-state index contributed by atoms with van der Waals surface area (Å²) in [5.41, 5.74) is 0.603. The van der Waals surface area contributed by atoms with Gasteiger partial charge in [-0.3, -0.25) is 4.89 Å². The van der Waals surface area contributed by atoms with Crippen LogP contribution in [0.15, 0.2) is 12.1 Å². The van der Waals surface area contributed by atoms with E-state index in [0.29, 0.717) is 23.5 Å². The van der Waals surface area contributed by atoms with Crippen LogP contribution < -0.4 is 9.47 Å². The molecule has 1 aromatic carbocycles. The number of ether oxygens (including phenoxy) is 5. The van der Waals surface area contributed by atoms with Crippen molar-refractivity contribution in [3.63, 3.8) is 0 Å². The summed E-state index contributed by atoms with van der Waals surface area (Å²) in [7, 11) is 8.15. The number of hydrogen-bond donors (Lipinski definition) is 0. The highest BCUT2D eigenvalue weighted by atomic mass is 28.1. The summed E-state index contributed by atoms with van der Waals surface area (Å²) in [5.74, 6) is 0.0823. The van der Waals surface area contributed by atoms with Crippen LogP contribution >= 0.6 is 0 Å². The Morgan fingerprint density at radius 1 is 0.964 bits per heavy atom. The molecule has 0 heterocycles. The van der Waals surface area contributed by atoms with E-state index >= 15 is 0 Å². The third-order valence-electron chi connectivity index (χ3n) is 3.97. The molecule has 0 spiro atoms. The Bertz CT molecular complexity index is 624. The van der Waals surface area contributed by atoms with Gasteiger partial charge in [0.05, 0.1) is 5.56 Å². The number of benzene rings is 1. The Balaban J connectivity index is 3.42. The Labute approximate surface area is 169 Å². The largest absolute Gasteiger partial charge is 0.461 e. The Morgan fingerprint density at radius 3 is 2.07 bits per heavy atom. The second-order valence-corrected chi connectivity index (χ2v) is 6.62. The van der Waals surface area contributed by atoms with E-state index in [-0.39, 0.29) is 11.1 Å². The molecule has 9 heteroatoms. The molecule has 0 fully saturated rings. The van der Waals surface area contributed by atoms with E-state index in [0.717, 1.165) is 0 Å². The summed E-state index contributed by atoms with van der Waals surface area (Å²) in [6, 6.07) is 3.20. The molecule has 0 bridgehead atoms. The second kappa shape index (κ2) is 12.0. The van der Waals surface area contributed by atoms with Crippen molar-refractivity contribution >= 4 is 16.2 Å². The molecule has 0 aliphatic rings. The fourth-order valence-corrected chi connectivity index (χ4v) is 2.45. The lowest BCUT2D eigenvalue weighted by molar-refractivity contribution is -0.327. The summed E-state index contributed by atoms with van der Waals surface area (Å²) in [4.78, 5) is 22.5. The van der Waals surface area contributed by atoms with E-state index in [2.05, 4.69) is 10.2 Å². The maximum absolute atomic E-state index is 12.6. The van der Waals surface area contributed by atoms with Gasteiger partial charge in [0.2, 0.25) is 0 Å². The molecule has 0 N–H and O–H groups in total. The molecule has 0 aliphatic heterocycles. The summed E-state index contributed by atoms with van der Waals surface area (Å²) in [6.45, 7) is 7.04. The first-order valence-corrected chi connectivity index (χ1v) is 9.53. The second-order valence-electron chi connectivity index (χ2n) is 5.93. The van der Waals surface area contributed by atoms with Gasteiger partial charge in [-0.1, -0.05) is 13.3 Å². The first-order valence-electron chi connectivity index (χ1n) is 8.96. The molecule has 157 valence electrons. The molecule has 28 heavy (non-hydrogen) atoms. The van der Waals surface area contributed by atoms with Crippen LogP contribution in [0, 0.1) is 0 Å². The lowest BCUT2D eigenvalue weighted by Gasteiger charge is -2.25. The first kappa shape index (κ1) is 24.4. The fraction of sp³-hybridized carbons (Fsp3) is 0.632. The minimum Gasteiger partial charge on any atom is -0.461 e. The van der Waals surface area contributed by atoms with E-state index in [4.69, 9.17) is 33.5 Å². The molecule has 1 aromatic rings. The van der Waals surface area contributed by atoms with Crippen molar-refractivity contribution in [2.75, 3.05) is 21.3 Å². The van der Waals surface area contributed by atoms with Gasteiger partial charge >= 0.3 is 5.97 Å². The van der Waals surface area contributed by atoms with Crippen LogP contribution in [0.5, 0.6) is 11.5 Å². The van der Waals surface area contributed by atoms with E-state index < -0.39 is 24.8 Å². The van der Waals surface area contributed by atoms with Crippen LogP contribution in [0.3, 0.4) is 0 Å². The third kappa shape index (κ3) is 6.75. The SMILES string of the molecule is CCC([Si])c1c(C(=O)OOC(C)OC)ccc(OC(C)OC)c1OC(C)OC. The lowest BCUT2D eigenvalue weighted by atomic mass is 10.0. The van der Waals surface area contributed by atoms with Gasteiger partial charge in [-0.15, -0.1) is 0 Å². The van der Waals surface area contributed by atoms with Crippen molar-refractivity contribution in [3.05, 3.63) is 23.3 Å². The van der Waals surface area contributed by atoms with E-state index in [9.17, 15) is 4.79 Å². The number of methoxy groups -OCH3 is 3. The molecule has 1 rings (SSSR count). The van der Waals surface area contributed by atoms with Crippen LogP contribution in [0.2, 0.25) is 0 Å². The highest BCUT2D eigenvalue weighted by Gasteiger charge is 2.27. The smallest absolute Gasteiger partial charge is 0.373 e.